The van der Waals surface area contributed by atoms with Crippen LogP contribution in [0.4, 0.5) is 0 Å². The maximum absolute atomic E-state index is 14.1. The number of nitrogens with zero attached hydrogens (tertiary/aromatic N) is 1. The highest BCUT2D eigenvalue weighted by molar-refractivity contribution is 8.76. The molecule has 2 fully saturated rings. The second-order valence-corrected chi connectivity index (χ2v) is 16.8. The van der Waals surface area contributed by atoms with Crippen LogP contribution < -0.4 is 43.0 Å². The molecule has 2 saturated heterocycles. The van der Waals surface area contributed by atoms with Gasteiger partial charge in [-0.2, -0.15) is 0 Å². The molecular formula is C37H54N10O9S2. The molecule has 2 aliphatic rings. The van der Waals surface area contributed by atoms with Crippen LogP contribution in [0.5, 0.6) is 0 Å². The number of nitrogens with one attached hydrogen (secondary N) is 8. The van der Waals surface area contributed by atoms with Gasteiger partial charge < -0.3 is 57.9 Å². The Morgan fingerprint density at radius 3 is 2.36 bits per heavy atom. The SMILES string of the molecule is CC1NC(=O)C(CC(=O)O)NC(=O)CNC(=O)C(CNC(=O)C2CCNCC2)NC(=O)CCSSCC(CN)NC(=O)C(C)N(CCc2c[nH]c3ccccc23)C1=O. The van der Waals surface area contributed by atoms with E-state index in [0.29, 0.717) is 43.9 Å². The molecule has 0 radical (unpaired) electrons. The lowest BCUT2D eigenvalue weighted by Crippen LogP contribution is -2.59. The summed E-state index contributed by atoms with van der Waals surface area (Å²) in [6.07, 6.45) is 2.54. The van der Waals surface area contributed by atoms with Crippen molar-refractivity contribution < 1.29 is 43.5 Å². The monoisotopic (exact) mass is 846 g/mol. The van der Waals surface area contributed by atoms with Crippen molar-refractivity contribution >= 4 is 79.8 Å². The third-order valence-electron chi connectivity index (χ3n) is 9.85. The number of hydrogen-bond acceptors (Lipinski definition) is 12. The minimum absolute atomic E-state index is 0.00146. The molecule has 3 heterocycles. The highest BCUT2D eigenvalue weighted by Gasteiger charge is 2.33. The van der Waals surface area contributed by atoms with Gasteiger partial charge in [0.1, 0.15) is 24.2 Å². The Kier molecular flexibility index (Phi) is 18.1. The van der Waals surface area contributed by atoms with Crippen LogP contribution in [0, 0.1) is 5.92 Å². The number of carboxylic acid groups (broad SMARTS) is 1. The first-order chi connectivity index (χ1) is 27.8. The number of para-hydroxylation sites is 1. The van der Waals surface area contributed by atoms with Gasteiger partial charge in [-0.3, -0.25) is 38.4 Å². The number of hydrogen-bond donors (Lipinski definition) is 10. The highest BCUT2D eigenvalue weighted by Crippen LogP contribution is 2.23. The highest BCUT2D eigenvalue weighted by atomic mass is 33.1. The number of aromatic amines is 1. The third kappa shape index (κ3) is 13.9. The summed E-state index contributed by atoms with van der Waals surface area (Å²) >= 11 is 0. The topological polar surface area (TPSA) is 286 Å². The zero-order valence-electron chi connectivity index (χ0n) is 32.6. The summed E-state index contributed by atoms with van der Waals surface area (Å²) in [6, 6.07) is 1.93. The number of carboxylic acids is 1. The molecule has 19 nitrogen and oxygen atoms in total. The summed E-state index contributed by atoms with van der Waals surface area (Å²) in [6.45, 7) is 3.49. The normalized spacial score (nSPS) is 24.5. The van der Waals surface area contributed by atoms with E-state index in [0.717, 1.165) is 16.5 Å². The minimum atomic E-state index is -1.65. The number of carbonyl (C=O) groups excluding carboxylic acids is 7. The van der Waals surface area contributed by atoms with E-state index in [-0.39, 0.29) is 37.9 Å². The molecule has 0 spiro atoms. The lowest BCUT2D eigenvalue weighted by atomic mass is 9.97. The van der Waals surface area contributed by atoms with Crippen molar-refractivity contribution in [3.63, 3.8) is 0 Å². The molecule has 1 aromatic carbocycles. The first kappa shape index (κ1) is 45.8. The van der Waals surface area contributed by atoms with E-state index < -0.39 is 84.6 Å². The minimum Gasteiger partial charge on any atom is -0.481 e. The number of piperidine rings is 1. The smallest absolute Gasteiger partial charge is 0.305 e. The lowest BCUT2D eigenvalue weighted by molar-refractivity contribution is -0.144. The molecule has 58 heavy (non-hydrogen) atoms. The Morgan fingerprint density at radius 2 is 1.64 bits per heavy atom. The van der Waals surface area contributed by atoms with Gasteiger partial charge in [0, 0.05) is 60.6 Å². The average molecular weight is 847 g/mol. The Labute approximate surface area is 344 Å². The zero-order valence-corrected chi connectivity index (χ0v) is 34.2. The summed E-state index contributed by atoms with van der Waals surface area (Å²) in [7, 11) is 2.74. The fourth-order valence-corrected chi connectivity index (χ4v) is 8.73. The van der Waals surface area contributed by atoms with Gasteiger partial charge in [0.2, 0.25) is 41.4 Å². The first-order valence-electron chi connectivity index (χ1n) is 19.2. The summed E-state index contributed by atoms with van der Waals surface area (Å²) in [5, 5.41) is 29.1. The van der Waals surface area contributed by atoms with Crippen molar-refractivity contribution in [3.8, 4) is 0 Å². The molecule has 318 valence electrons. The van der Waals surface area contributed by atoms with Gasteiger partial charge in [-0.15, -0.1) is 0 Å². The van der Waals surface area contributed by atoms with Crippen molar-refractivity contribution in [3.05, 3.63) is 36.0 Å². The molecule has 5 unspecified atom stereocenters. The number of carbonyl (C=O) groups is 8. The van der Waals surface area contributed by atoms with E-state index in [1.807, 2.05) is 30.5 Å². The van der Waals surface area contributed by atoms with Crippen molar-refractivity contribution in [2.75, 3.05) is 50.8 Å². The lowest BCUT2D eigenvalue weighted by Gasteiger charge is -2.32. The van der Waals surface area contributed by atoms with E-state index in [9.17, 15) is 43.5 Å². The van der Waals surface area contributed by atoms with Gasteiger partial charge >= 0.3 is 5.97 Å². The van der Waals surface area contributed by atoms with E-state index in [1.54, 1.807) is 6.92 Å². The van der Waals surface area contributed by atoms with Crippen LogP contribution in [0.15, 0.2) is 30.5 Å². The number of nitrogens with two attached hydrogens (primary N) is 1. The molecule has 11 N–H and O–H groups in total. The second-order valence-electron chi connectivity index (χ2n) is 14.2. The predicted molar refractivity (Wildman–Crippen MR) is 219 cm³/mol. The number of aliphatic carboxylic acids is 1. The number of benzene rings is 1. The van der Waals surface area contributed by atoms with Gasteiger partial charge in [0.15, 0.2) is 0 Å². The van der Waals surface area contributed by atoms with Gasteiger partial charge in [-0.1, -0.05) is 39.8 Å². The maximum Gasteiger partial charge on any atom is 0.305 e. The molecule has 1 aromatic heterocycles. The van der Waals surface area contributed by atoms with Crippen LogP contribution in [-0.4, -0.2) is 143 Å². The number of amides is 7. The van der Waals surface area contributed by atoms with Crippen LogP contribution in [0.1, 0.15) is 45.1 Å². The largest absolute Gasteiger partial charge is 0.481 e. The quantitative estimate of drug-likeness (QED) is 0.127. The Morgan fingerprint density at radius 1 is 0.914 bits per heavy atom. The predicted octanol–water partition coefficient (Wildman–Crippen LogP) is -1.66. The van der Waals surface area contributed by atoms with E-state index in [4.69, 9.17) is 5.73 Å². The van der Waals surface area contributed by atoms with Gasteiger partial charge in [-0.05, 0) is 57.8 Å². The second kappa shape index (κ2) is 22.9. The van der Waals surface area contributed by atoms with E-state index >= 15 is 0 Å². The van der Waals surface area contributed by atoms with Crippen molar-refractivity contribution in [1.29, 1.82) is 0 Å². The van der Waals surface area contributed by atoms with Crippen LogP contribution in [0.2, 0.25) is 0 Å². The molecule has 7 amide bonds. The zero-order chi connectivity index (χ0) is 42.2. The molecular weight excluding hydrogens is 793 g/mol. The Hall–Kier alpha value is -4.86. The molecule has 5 atom stereocenters. The summed E-state index contributed by atoms with van der Waals surface area (Å²) in [5.41, 5.74) is 7.80. The fourth-order valence-electron chi connectivity index (χ4n) is 6.48. The average Bonchev–Trinajstić information content (AvgIpc) is 3.62. The Bertz CT molecular complexity index is 1790. The molecule has 2 aromatic rings. The van der Waals surface area contributed by atoms with Crippen LogP contribution in [-0.2, 0) is 44.8 Å². The van der Waals surface area contributed by atoms with E-state index in [1.165, 1.54) is 33.4 Å². The molecule has 4 rings (SSSR count). The summed E-state index contributed by atoms with van der Waals surface area (Å²) < 4.78 is 0. The van der Waals surface area contributed by atoms with Crippen LogP contribution >= 0.6 is 21.6 Å². The molecule has 0 saturated carbocycles. The molecule has 2 aliphatic heterocycles. The maximum atomic E-state index is 14.1. The van der Waals surface area contributed by atoms with Gasteiger partial charge in [0.25, 0.3) is 0 Å². The van der Waals surface area contributed by atoms with Crippen molar-refractivity contribution in [2.24, 2.45) is 11.7 Å². The number of aromatic nitrogens is 1. The first-order valence-corrected chi connectivity index (χ1v) is 21.7. The third-order valence-corrected chi connectivity index (χ3v) is 12.3. The van der Waals surface area contributed by atoms with Gasteiger partial charge in [0.05, 0.1) is 19.0 Å². The molecule has 0 bridgehead atoms. The van der Waals surface area contributed by atoms with Crippen LogP contribution in [0.3, 0.4) is 0 Å². The summed E-state index contributed by atoms with van der Waals surface area (Å²) in [5.74, 6) is -5.59. The van der Waals surface area contributed by atoms with Crippen molar-refractivity contribution in [2.45, 2.75) is 76.2 Å². The molecule has 21 heteroatoms. The number of H-pyrrole nitrogens is 1. The fraction of sp³-hybridized carbons (Fsp3) is 0.568. The Balaban J connectivity index is 1.53. The van der Waals surface area contributed by atoms with Crippen molar-refractivity contribution in [1.82, 2.24) is 47.1 Å². The molecule has 0 aliphatic carbocycles. The van der Waals surface area contributed by atoms with Gasteiger partial charge in [-0.25, -0.2) is 0 Å². The number of fused-ring (bicyclic) bond motifs is 1. The number of rotatable bonds is 9. The standard InChI is InChI=1S/C37H54N10O9S2/c1-21-37(56)47(13-9-24-17-40-27-6-4-3-5-26(24)27)22(2)33(52)44-25(16-38)20-58-57-14-10-30(48)46-29(18-41-34(53)23-7-11-39-12-8-23)35(54)42-19-31(49)45-28(15-32(50)51)36(55)43-21/h3-6,17,21-23,25,28-29,39-40H,7-16,18-20,38H2,1-2H3,(H,41,53)(H,42,54)(H,43,55)(H,44,52)(H,45,49)(H,46,48)(H,50,51). The summed E-state index contributed by atoms with van der Waals surface area (Å²) in [4.78, 5) is 110. The van der Waals surface area contributed by atoms with E-state index in [2.05, 4.69) is 42.2 Å². The van der Waals surface area contributed by atoms with Crippen LogP contribution in [0.25, 0.3) is 10.9 Å².